The number of ether oxygens (including phenoxy) is 1. The van der Waals surface area contributed by atoms with Gasteiger partial charge in [0.25, 0.3) is 15.6 Å². The molecule has 26 nitrogen and oxygen atoms in total. The van der Waals surface area contributed by atoms with Crippen molar-refractivity contribution in [3.05, 3.63) is 36.5 Å². The summed E-state index contributed by atoms with van der Waals surface area (Å²) in [6, 6.07) is 0. The minimum Gasteiger partial charge on any atom is -0.790 e. The number of rotatable bonds is 23. The number of nitrogens with two attached hydrogens (primary N) is 1. The smallest absolute Gasteiger partial charge is 0.274 e. The third-order valence-corrected chi connectivity index (χ3v) is 12.5. The van der Waals surface area contributed by atoms with Gasteiger partial charge in [-0.1, -0.05) is 51.1 Å². The number of anilines is 1. The van der Waals surface area contributed by atoms with E-state index in [0.29, 0.717) is 5.57 Å². The molecule has 3 rings (SSSR count). The quantitative estimate of drug-likeness (QED) is 0.0408. The summed E-state index contributed by atoms with van der Waals surface area (Å²) in [6.45, 7) is 4.90. The van der Waals surface area contributed by atoms with Crippen LogP contribution in [0.15, 0.2) is 36.5 Å². The molecule has 1 aliphatic heterocycles. The lowest BCUT2D eigenvalue weighted by molar-refractivity contribution is -0.347. The normalized spacial score (nSPS) is 21.5. The average molecular weight is 943 g/mol. The van der Waals surface area contributed by atoms with Crippen LogP contribution in [0.5, 0.6) is 0 Å². The number of aliphatic hydroxyl groups excluding tert-OH is 2. The maximum Gasteiger partial charge on any atom is 0.274 e. The molecule has 0 spiro atoms. The molecule has 0 saturated carbocycles. The molecule has 0 aliphatic carbocycles. The fourth-order valence-electron chi connectivity index (χ4n) is 5.07. The molecule has 7 atom stereocenters. The van der Waals surface area contributed by atoms with Gasteiger partial charge in [0.15, 0.2) is 17.7 Å². The number of phosphoric ester groups is 3. The number of thioether (sulfide) groups is 1. The summed E-state index contributed by atoms with van der Waals surface area (Å²) in [5.74, 6) is -2.86. The molecule has 342 valence electrons. The number of allylic oxidation sites excluding steroid dienone is 2. The molecule has 6 N–H and O–H groups in total. The van der Waals surface area contributed by atoms with Gasteiger partial charge in [-0.15, -0.1) is 0 Å². The highest BCUT2D eigenvalue weighted by Crippen LogP contribution is 2.56. The van der Waals surface area contributed by atoms with E-state index in [1.807, 2.05) is 0 Å². The van der Waals surface area contributed by atoms with Gasteiger partial charge in [0.05, 0.1) is 33.3 Å². The number of carbonyl (C=O) groups excluding carboxylic acids is 4. The largest absolute Gasteiger partial charge is 0.790 e. The number of nitrogens with zero attached hydrogens (tertiary/aromatic N) is 4. The van der Waals surface area contributed by atoms with Crippen LogP contribution in [0.1, 0.15) is 47.3 Å². The molecule has 61 heavy (non-hydrogen) atoms. The number of aromatic nitrogens is 4. The van der Waals surface area contributed by atoms with E-state index < -0.39 is 95.9 Å². The Morgan fingerprint density at radius 3 is 2.34 bits per heavy atom. The minimum absolute atomic E-state index is 0.0315. The summed E-state index contributed by atoms with van der Waals surface area (Å²) >= 11 is 0.898. The first-order valence-electron chi connectivity index (χ1n) is 17.6. The van der Waals surface area contributed by atoms with Crippen LogP contribution in [0.2, 0.25) is 0 Å². The molecule has 1 aliphatic rings. The maximum atomic E-state index is 12.6. The molecular weight excluding hydrogens is 899 g/mol. The van der Waals surface area contributed by atoms with Crippen LogP contribution in [0.25, 0.3) is 11.2 Å². The molecule has 1 fully saturated rings. The Kier molecular flexibility index (Phi) is 18.1. The van der Waals surface area contributed by atoms with E-state index in [1.54, 1.807) is 20.8 Å². The van der Waals surface area contributed by atoms with Crippen molar-refractivity contribution in [3.63, 3.8) is 0 Å². The lowest BCUT2D eigenvalue weighted by Crippen LogP contribution is -2.46. The van der Waals surface area contributed by atoms with Crippen molar-refractivity contribution in [2.24, 2.45) is 10.8 Å². The topological polar surface area (TPSA) is 415 Å². The number of aliphatic carboxylic acids is 1. The van der Waals surface area contributed by atoms with Crippen LogP contribution in [0.3, 0.4) is 0 Å². The Morgan fingerprint density at radius 1 is 1.05 bits per heavy atom. The highest BCUT2D eigenvalue weighted by atomic mass is 32.2. The summed E-state index contributed by atoms with van der Waals surface area (Å²) in [5, 5.41) is 36.5. The summed E-state index contributed by atoms with van der Waals surface area (Å²) in [6.07, 6.45) is -4.18. The number of carboxylic acid groups (broad SMARTS) is 1. The van der Waals surface area contributed by atoms with E-state index in [9.17, 15) is 67.8 Å². The third-order valence-electron chi connectivity index (χ3n) is 8.71. The Bertz CT molecular complexity index is 2130. The minimum atomic E-state index is -5.94. The molecule has 0 bridgehead atoms. The lowest BCUT2D eigenvalue weighted by Gasteiger charge is -2.36. The first-order chi connectivity index (χ1) is 28.0. The van der Waals surface area contributed by atoms with Crippen molar-refractivity contribution in [2.75, 3.05) is 37.8 Å². The molecule has 30 heteroatoms. The molecular formula is C31H43N7O19P3S-5. The van der Waals surface area contributed by atoms with E-state index in [-0.39, 0.29) is 47.4 Å². The standard InChI is InChI=1S/C31H48N7O19P3S/c1-17(30(2,3)8-6-20(40)41)12-21(42)61-11-10-33-19(39)7-9-34-28(45)25(44)31(4,5)14-54-60(51,52)57-59(49,50)53-13-18-24(56-58(46,47)48)23(43)29(55-18)38-16-37-22-26(32)35-15-36-27(22)38/h6,8,12,15-16,18,23-25,29,43-44H,7,9-11,13-14H2,1-5H3,(H,33,39)(H,34,45)(H,40,41)(H,49,50)(H,51,52)(H2,32,35,36)(H2,46,47,48)/p-5/b8-6+,17-12+/t18-,23-,24-,25+,29-/m1/s1. The van der Waals surface area contributed by atoms with Crippen molar-refractivity contribution in [1.82, 2.24) is 30.2 Å². The van der Waals surface area contributed by atoms with Crippen LogP contribution in [-0.4, -0.2) is 109 Å². The molecule has 2 amide bonds. The van der Waals surface area contributed by atoms with Crippen molar-refractivity contribution >= 4 is 75.1 Å². The van der Waals surface area contributed by atoms with Gasteiger partial charge >= 0.3 is 0 Å². The Balaban J connectivity index is 1.46. The fraction of sp³-hybridized carbons (Fsp3) is 0.581. The number of nitrogen functional groups attached to an aromatic ring is 1. The molecule has 3 heterocycles. The van der Waals surface area contributed by atoms with Crippen molar-refractivity contribution < 1.29 is 90.4 Å². The summed E-state index contributed by atoms with van der Waals surface area (Å²) in [4.78, 5) is 107. The molecule has 0 radical (unpaired) electrons. The van der Waals surface area contributed by atoms with Gasteiger partial charge in [-0.25, -0.2) is 19.3 Å². The predicted octanol–water partition coefficient (Wildman–Crippen LogP) is -3.58. The number of aliphatic hydroxyl groups is 2. The molecule has 2 unspecified atom stereocenters. The fourth-order valence-corrected chi connectivity index (χ4v) is 8.47. The van der Waals surface area contributed by atoms with Gasteiger partial charge in [-0.2, -0.15) is 0 Å². The van der Waals surface area contributed by atoms with Crippen LogP contribution in [0, 0.1) is 10.8 Å². The zero-order chi connectivity index (χ0) is 46.1. The second-order valence-corrected chi connectivity index (χ2v) is 19.5. The Labute approximate surface area is 351 Å². The zero-order valence-corrected chi connectivity index (χ0v) is 36.5. The zero-order valence-electron chi connectivity index (χ0n) is 33.0. The van der Waals surface area contributed by atoms with Gasteiger partial charge < -0.3 is 78.9 Å². The van der Waals surface area contributed by atoms with Gasteiger partial charge in [-0.3, -0.25) is 28.1 Å². The van der Waals surface area contributed by atoms with E-state index >= 15 is 0 Å². The number of hydrogen-bond donors (Lipinski definition) is 5. The molecule has 1 saturated heterocycles. The van der Waals surface area contributed by atoms with E-state index in [1.165, 1.54) is 26.0 Å². The highest BCUT2D eigenvalue weighted by Gasteiger charge is 2.47. The van der Waals surface area contributed by atoms with E-state index in [0.717, 1.165) is 35.1 Å². The first-order valence-corrected chi connectivity index (χ1v) is 23.0. The van der Waals surface area contributed by atoms with Crippen LogP contribution < -0.4 is 41.0 Å². The van der Waals surface area contributed by atoms with Gasteiger partial charge in [0, 0.05) is 36.1 Å². The van der Waals surface area contributed by atoms with Gasteiger partial charge in [0.2, 0.25) is 16.9 Å². The average Bonchev–Trinajstić information content (AvgIpc) is 3.70. The predicted molar refractivity (Wildman–Crippen MR) is 200 cm³/mol. The second-order valence-electron chi connectivity index (χ2n) is 14.4. The summed E-state index contributed by atoms with van der Waals surface area (Å²) < 4.78 is 60.5. The first kappa shape index (κ1) is 51.9. The maximum absolute atomic E-state index is 12.6. The number of carboxylic acids is 1. The molecule has 2 aromatic heterocycles. The molecule has 2 aromatic rings. The van der Waals surface area contributed by atoms with Crippen LogP contribution >= 0.6 is 35.2 Å². The van der Waals surface area contributed by atoms with Gasteiger partial charge in [-0.05, 0) is 19.1 Å². The second kappa shape index (κ2) is 21.3. The number of phosphoric acid groups is 3. The highest BCUT2D eigenvalue weighted by molar-refractivity contribution is 8.14. The van der Waals surface area contributed by atoms with Crippen LogP contribution in [-0.2, 0) is 55.5 Å². The summed E-state index contributed by atoms with van der Waals surface area (Å²) in [5.41, 5.74) is 3.87. The lowest BCUT2D eigenvalue weighted by atomic mass is 9.84. The Hall–Kier alpha value is -3.49. The van der Waals surface area contributed by atoms with Crippen molar-refractivity contribution in [3.8, 4) is 0 Å². The van der Waals surface area contributed by atoms with E-state index in [4.69, 9.17) is 10.5 Å². The summed E-state index contributed by atoms with van der Waals surface area (Å²) in [7, 11) is -17.7. The van der Waals surface area contributed by atoms with Crippen molar-refractivity contribution in [1.29, 1.82) is 0 Å². The molecule has 0 aromatic carbocycles. The number of carbonyl (C=O) groups is 4. The Morgan fingerprint density at radius 2 is 1.70 bits per heavy atom. The van der Waals surface area contributed by atoms with Crippen molar-refractivity contribution in [2.45, 2.75) is 71.7 Å². The number of imidazole rings is 1. The number of nitrogens with one attached hydrogen (secondary N) is 2. The number of fused-ring (bicyclic) bond motifs is 1. The van der Waals surface area contributed by atoms with Gasteiger partial charge in [0.1, 0.15) is 36.3 Å². The number of amides is 2. The number of hydrogen-bond acceptors (Lipinski definition) is 24. The monoisotopic (exact) mass is 942 g/mol. The van der Waals surface area contributed by atoms with E-state index in [2.05, 4.69) is 43.5 Å². The SMILES string of the molecule is C/C(=C\C(=O)SCCNC(=O)CCNC(=O)[C@H](O)C(C)(C)COP(=O)([O-])OP(=O)([O-])OC[C@H]1O[C@@H](n2cnc3c(N)ncnc32)[C@H](O)[C@@H]1OP(=O)([O-])[O-])C(C)(C)/C=C/C(=O)[O-]. The van der Waals surface area contributed by atoms with Crippen LogP contribution in [0.4, 0.5) is 5.82 Å². The third kappa shape index (κ3) is 16.0.